The molecule has 0 saturated heterocycles. The normalized spacial score (nSPS) is 13.7. The molecule has 0 bridgehead atoms. The van der Waals surface area contributed by atoms with Crippen molar-refractivity contribution in [1.82, 2.24) is 0 Å². The van der Waals surface area contributed by atoms with Gasteiger partial charge in [0.05, 0.1) is 0 Å². The number of nitrogens with two attached hydrogens (primary N) is 1. The van der Waals surface area contributed by atoms with E-state index in [1.54, 1.807) is 6.07 Å². The van der Waals surface area contributed by atoms with Crippen molar-refractivity contribution in [1.29, 1.82) is 0 Å². The molecule has 1 aliphatic carbocycles. The molecule has 0 aromatic heterocycles. The van der Waals surface area contributed by atoms with Gasteiger partial charge in [0.15, 0.2) is 0 Å². The molecule has 1 aromatic rings. The summed E-state index contributed by atoms with van der Waals surface area (Å²) in [6.07, 6.45) is 4.03. The van der Waals surface area contributed by atoms with Crippen LogP contribution in [0.5, 0.6) is 0 Å². The van der Waals surface area contributed by atoms with Gasteiger partial charge in [0.25, 0.3) is 0 Å². The van der Waals surface area contributed by atoms with Gasteiger partial charge in [-0.15, -0.1) is 0 Å². The van der Waals surface area contributed by atoms with Crippen molar-refractivity contribution < 1.29 is 4.39 Å². The van der Waals surface area contributed by atoms with Crippen LogP contribution in [-0.4, -0.2) is 0 Å². The van der Waals surface area contributed by atoms with E-state index < -0.39 is 0 Å². The Morgan fingerprint density at radius 1 is 1.05 bits per heavy atom. The first kappa shape index (κ1) is 17.2. The Balaban J connectivity index is 0.000000235. The molecular weight excluding hydrogens is 261 g/mol. The van der Waals surface area contributed by atoms with Crippen molar-refractivity contribution in [2.75, 3.05) is 0 Å². The molecular formula is C19H26FN. The Kier molecular flexibility index (Phi) is 6.41. The largest absolute Gasteiger partial charge is 0.398 e. The van der Waals surface area contributed by atoms with Crippen LogP contribution in [0.15, 0.2) is 53.8 Å². The van der Waals surface area contributed by atoms with E-state index >= 15 is 0 Å². The Morgan fingerprint density at radius 3 is 2.10 bits per heavy atom. The van der Waals surface area contributed by atoms with Crippen LogP contribution in [0.1, 0.15) is 44.7 Å². The molecule has 0 aliphatic heterocycles. The number of aryl methyl sites for hydroxylation is 2. The Morgan fingerprint density at radius 2 is 1.67 bits per heavy atom. The van der Waals surface area contributed by atoms with Crippen LogP contribution >= 0.6 is 0 Å². The highest BCUT2D eigenvalue weighted by Crippen LogP contribution is 2.32. The molecule has 114 valence electrons. The molecule has 2 N–H and O–H groups in total. The van der Waals surface area contributed by atoms with Gasteiger partial charge in [-0.1, -0.05) is 52.0 Å². The van der Waals surface area contributed by atoms with Gasteiger partial charge in [0.2, 0.25) is 0 Å². The van der Waals surface area contributed by atoms with Crippen LogP contribution in [0.2, 0.25) is 0 Å². The highest BCUT2D eigenvalue weighted by molar-refractivity contribution is 5.65. The molecule has 0 fully saturated rings. The van der Waals surface area contributed by atoms with Gasteiger partial charge in [-0.05, 0) is 53.7 Å². The van der Waals surface area contributed by atoms with Gasteiger partial charge in [0, 0.05) is 5.70 Å². The zero-order chi connectivity index (χ0) is 16.0. The summed E-state index contributed by atoms with van der Waals surface area (Å²) in [5.41, 5.74) is 11.4. The van der Waals surface area contributed by atoms with Gasteiger partial charge in [-0.25, -0.2) is 4.39 Å². The summed E-state index contributed by atoms with van der Waals surface area (Å²) in [7, 11) is 0. The molecule has 1 aliphatic rings. The molecule has 2 heteroatoms. The van der Waals surface area contributed by atoms with E-state index in [0.717, 1.165) is 53.7 Å². The fourth-order valence-electron chi connectivity index (χ4n) is 2.25. The minimum atomic E-state index is -0.0540. The Bertz CT molecular complexity index is 545. The van der Waals surface area contributed by atoms with Gasteiger partial charge in [0.1, 0.15) is 5.82 Å². The van der Waals surface area contributed by atoms with Crippen LogP contribution < -0.4 is 5.73 Å². The van der Waals surface area contributed by atoms with Gasteiger partial charge < -0.3 is 5.73 Å². The van der Waals surface area contributed by atoms with Gasteiger partial charge >= 0.3 is 0 Å². The van der Waals surface area contributed by atoms with Crippen LogP contribution in [0, 0.1) is 5.82 Å². The second kappa shape index (κ2) is 7.82. The second-order valence-corrected chi connectivity index (χ2v) is 5.42. The van der Waals surface area contributed by atoms with Crippen molar-refractivity contribution in [3.8, 4) is 0 Å². The molecule has 0 heterocycles. The number of benzene rings is 1. The maximum atomic E-state index is 13.2. The van der Waals surface area contributed by atoms with Crippen LogP contribution in [0.4, 0.5) is 4.39 Å². The van der Waals surface area contributed by atoms with E-state index in [9.17, 15) is 4.39 Å². The fraction of sp³-hybridized carbons (Fsp3) is 0.368. The van der Waals surface area contributed by atoms with Crippen molar-refractivity contribution in [3.63, 3.8) is 0 Å². The molecule has 0 spiro atoms. The quantitative estimate of drug-likeness (QED) is 0.821. The molecule has 2 rings (SSSR count). The molecule has 0 atom stereocenters. The number of hydrogen-bond donors (Lipinski definition) is 1. The lowest BCUT2D eigenvalue weighted by molar-refractivity contribution is 0.606. The van der Waals surface area contributed by atoms with Crippen molar-refractivity contribution in [2.24, 2.45) is 5.73 Å². The minimum Gasteiger partial charge on any atom is -0.398 e. The SMILES string of the molecule is C=C1C(=C)C(N)=C1C.CCCc1ccc(F)c(CCC)c1. The van der Waals surface area contributed by atoms with E-state index in [1.807, 2.05) is 19.1 Å². The maximum absolute atomic E-state index is 13.2. The second-order valence-electron chi connectivity index (χ2n) is 5.42. The number of rotatable bonds is 4. The fourth-order valence-corrected chi connectivity index (χ4v) is 2.25. The molecule has 0 saturated carbocycles. The first-order valence-corrected chi connectivity index (χ1v) is 7.54. The molecule has 1 nitrogen and oxygen atoms in total. The Labute approximate surface area is 128 Å². The molecule has 1 aromatic carbocycles. The molecule has 21 heavy (non-hydrogen) atoms. The highest BCUT2D eigenvalue weighted by atomic mass is 19.1. The average Bonchev–Trinajstić information content (AvgIpc) is 2.49. The van der Waals surface area contributed by atoms with Gasteiger partial charge in [-0.3, -0.25) is 0 Å². The molecule has 0 radical (unpaired) electrons. The minimum absolute atomic E-state index is 0.0540. The molecule has 0 unspecified atom stereocenters. The first-order chi connectivity index (χ1) is 9.92. The number of allylic oxidation sites excluding steroid dienone is 2. The van der Waals surface area contributed by atoms with Crippen LogP contribution in [-0.2, 0) is 12.8 Å². The van der Waals surface area contributed by atoms with Crippen molar-refractivity contribution >= 4 is 0 Å². The summed E-state index contributed by atoms with van der Waals surface area (Å²) in [5, 5.41) is 0. The van der Waals surface area contributed by atoms with E-state index in [1.165, 1.54) is 5.56 Å². The number of hydrogen-bond acceptors (Lipinski definition) is 1. The zero-order valence-electron chi connectivity index (χ0n) is 13.4. The summed E-state index contributed by atoms with van der Waals surface area (Å²) in [5.74, 6) is -0.0540. The van der Waals surface area contributed by atoms with Crippen molar-refractivity contribution in [2.45, 2.75) is 46.5 Å². The predicted molar refractivity (Wildman–Crippen MR) is 89.6 cm³/mol. The lowest BCUT2D eigenvalue weighted by atomic mass is 9.86. The third kappa shape index (κ3) is 4.32. The third-order valence-corrected chi connectivity index (χ3v) is 3.71. The summed E-state index contributed by atoms with van der Waals surface area (Å²) >= 11 is 0. The topological polar surface area (TPSA) is 26.0 Å². The molecule has 0 amide bonds. The monoisotopic (exact) mass is 287 g/mol. The first-order valence-electron chi connectivity index (χ1n) is 7.54. The maximum Gasteiger partial charge on any atom is 0.126 e. The van der Waals surface area contributed by atoms with E-state index in [4.69, 9.17) is 5.73 Å². The average molecular weight is 287 g/mol. The summed E-state index contributed by atoms with van der Waals surface area (Å²) in [6, 6.07) is 5.48. The third-order valence-electron chi connectivity index (χ3n) is 3.71. The smallest absolute Gasteiger partial charge is 0.126 e. The summed E-state index contributed by atoms with van der Waals surface area (Å²) < 4.78 is 13.2. The van der Waals surface area contributed by atoms with Crippen LogP contribution in [0.3, 0.4) is 0 Å². The highest BCUT2D eigenvalue weighted by Gasteiger charge is 2.18. The summed E-state index contributed by atoms with van der Waals surface area (Å²) in [6.45, 7) is 13.6. The lowest BCUT2D eigenvalue weighted by Crippen LogP contribution is -2.15. The van der Waals surface area contributed by atoms with Crippen LogP contribution in [0.25, 0.3) is 0 Å². The van der Waals surface area contributed by atoms with Gasteiger partial charge in [-0.2, -0.15) is 0 Å². The van der Waals surface area contributed by atoms with E-state index in [0.29, 0.717) is 0 Å². The summed E-state index contributed by atoms with van der Waals surface area (Å²) in [4.78, 5) is 0. The predicted octanol–water partition coefficient (Wildman–Crippen LogP) is 5.08. The van der Waals surface area contributed by atoms with Crippen molar-refractivity contribution in [3.05, 3.63) is 70.7 Å². The standard InChI is InChI=1S/C12H17F.C7H9N/c1-3-5-10-7-8-12(13)11(9-10)6-4-2;1-4-5(2)7(8)6(4)3/h7-9H,3-6H2,1-2H3;1-2,8H2,3H3. The number of halogens is 1. The van der Waals surface area contributed by atoms with E-state index in [-0.39, 0.29) is 5.82 Å². The van der Waals surface area contributed by atoms with E-state index in [2.05, 4.69) is 27.0 Å². The zero-order valence-corrected chi connectivity index (χ0v) is 13.4. The Hall–Kier alpha value is -1.83. The lowest BCUT2D eigenvalue weighted by Gasteiger charge is -2.22.